The molecule has 0 radical (unpaired) electrons. The fraction of sp³-hybridized carbons (Fsp3) is 0.280. The van der Waals surface area contributed by atoms with Crippen molar-refractivity contribution in [3.05, 3.63) is 70.2 Å². The molecule has 0 spiro atoms. The van der Waals surface area contributed by atoms with E-state index in [9.17, 15) is 18.7 Å². The van der Waals surface area contributed by atoms with E-state index in [2.05, 4.69) is 20.9 Å². The molecule has 1 aliphatic heterocycles. The van der Waals surface area contributed by atoms with Crippen LogP contribution in [0.2, 0.25) is 0 Å². The van der Waals surface area contributed by atoms with E-state index < -0.39 is 17.6 Å². The molecule has 1 aromatic heterocycles. The highest BCUT2D eigenvalue weighted by Gasteiger charge is 2.25. The Morgan fingerprint density at radius 3 is 2.65 bits per heavy atom. The lowest BCUT2D eigenvalue weighted by molar-refractivity contribution is -0.142. The van der Waals surface area contributed by atoms with Crippen LogP contribution in [0.15, 0.2) is 53.0 Å². The number of aliphatic carboxylic acids is 1. The monoisotopic (exact) mass is 532 g/mol. The molecule has 0 unspecified atom stereocenters. The Balaban J connectivity index is 1.61. The van der Waals surface area contributed by atoms with Gasteiger partial charge in [-0.25, -0.2) is 13.8 Å². The number of carboxylic acid groups (broad SMARTS) is 1. The van der Waals surface area contributed by atoms with Crippen molar-refractivity contribution in [1.82, 2.24) is 4.98 Å². The second kappa shape index (κ2) is 10.4. The first kappa shape index (κ1) is 23.9. The highest BCUT2D eigenvalue weighted by Crippen LogP contribution is 2.35. The van der Waals surface area contributed by atoms with E-state index in [1.165, 1.54) is 13.2 Å². The highest BCUT2D eigenvalue weighted by molar-refractivity contribution is 9.10. The van der Waals surface area contributed by atoms with Crippen molar-refractivity contribution in [1.29, 1.82) is 0 Å². The first-order chi connectivity index (χ1) is 16.4. The van der Waals surface area contributed by atoms with Gasteiger partial charge < -0.3 is 19.5 Å². The van der Waals surface area contributed by atoms with E-state index in [4.69, 9.17) is 9.47 Å². The van der Waals surface area contributed by atoms with Crippen LogP contribution in [0.1, 0.15) is 18.4 Å². The van der Waals surface area contributed by atoms with Crippen molar-refractivity contribution in [3.8, 4) is 22.8 Å². The van der Waals surface area contributed by atoms with Crippen LogP contribution < -0.4 is 14.4 Å². The van der Waals surface area contributed by atoms with Crippen LogP contribution in [-0.4, -0.2) is 36.3 Å². The van der Waals surface area contributed by atoms with Crippen molar-refractivity contribution in [3.63, 3.8) is 0 Å². The molecular weight excluding hydrogens is 510 g/mol. The molecule has 9 heteroatoms. The van der Waals surface area contributed by atoms with Crippen LogP contribution in [-0.2, 0) is 11.4 Å². The molecule has 1 fully saturated rings. The number of hydrogen-bond acceptors (Lipinski definition) is 5. The maximum atomic E-state index is 14.8. The van der Waals surface area contributed by atoms with Crippen molar-refractivity contribution >= 4 is 27.7 Å². The Hall–Kier alpha value is -3.20. The number of nitrogens with zero attached hydrogens (tertiary/aromatic N) is 2. The Morgan fingerprint density at radius 1 is 1.18 bits per heavy atom. The number of aromatic nitrogens is 1. The van der Waals surface area contributed by atoms with Gasteiger partial charge in [-0.15, -0.1) is 0 Å². The number of rotatable bonds is 7. The molecule has 1 aliphatic rings. The van der Waals surface area contributed by atoms with Gasteiger partial charge in [0.25, 0.3) is 0 Å². The number of piperidine rings is 1. The zero-order valence-corrected chi connectivity index (χ0v) is 20.0. The zero-order chi connectivity index (χ0) is 24.2. The molecule has 0 saturated carbocycles. The standard InChI is InChI=1S/C25H23BrF2N2O4/c1-33-22-11-17(26)6-5-16(22)14-34-24-19(12-18(27)13-20(24)28)21-3-2-4-23(29-21)30-9-7-15(8-10-30)25(31)32/h2-6,11-13,15H,7-10,14H2,1H3,(H,31,32). The number of benzene rings is 2. The summed E-state index contributed by atoms with van der Waals surface area (Å²) in [4.78, 5) is 17.8. The summed E-state index contributed by atoms with van der Waals surface area (Å²) >= 11 is 3.38. The van der Waals surface area contributed by atoms with Crippen LogP contribution in [0.3, 0.4) is 0 Å². The van der Waals surface area contributed by atoms with Gasteiger partial charge in [0.2, 0.25) is 0 Å². The molecule has 6 nitrogen and oxygen atoms in total. The molecule has 3 aromatic rings. The molecule has 2 heterocycles. The molecule has 1 saturated heterocycles. The lowest BCUT2D eigenvalue weighted by atomic mass is 9.97. The summed E-state index contributed by atoms with van der Waals surface area (Å²) in [5.74, 6) is -1.65. The lowest BCUT2D eigenvalue weighted by Gasteiger charge is -2.31. The number of anilines is 1. The van der Waals surface area contributed by atoms with Crippen molar-refractivity contribution < 1.29 is 28.2 Å². The molecular formula is C25H23BrF2N2O4. The maximum Gasteiger partial charge on any atom is 0.306 e. The van der Waals surface area contributed by atoms with Crippen LogP contribution in [0.25, 0.3) is 11.3 Å². The number of pyridine rings is 1. The predicted octanol–water partition coefficient (Wildman–Crippen LogP) is 5.68. The molecule has 1 N–H and O–H groups in total. The Kier molecular flexibility index (Phi) is 7.31. The minimum atomic E-state index is -0.833. The van der Waals surface area contributed by atoms with E-state index in [1.54, 1.807) is 30.3 Å². The van der Waals surface area contributed by atoms with Gasteiger partial charge in [-0.05, 0) is 43.2 Å². The summed E-state index contributed by atoms with van der Waals surface area (Å²) in [6, 6.07) is 12.6. The molecule has 0 bridgehead atoms. The van der Waals surface area contributed by atoms with Gasteiger partial charge in [-0.1, -0.05) is 28.1 Å². The molecule has 178 valence electrons. The summed E-state index contributed by atoms with van der Waals surface area (Å²) in [6.45, 7) is 1.09. The molecule has 34 heavy (non-hydrogen) atoms. The predicted molar refractivity (Wildman–Crippen MR) is 127 cm³/mol. The Morgan fingerprint density at radius 2 is 1.94 bits per heavy atom. The molecule has 0 amide bonds. The number of carbonyl (C=O) groups is 1. The number of hydrogen-bond donors (Lipinski definition) is 1. The van der Waals surface area contributed by atoms with E-state index in [0.29, 0.717) is 48.8 Å². The average molecular weight is 533 g/mol. The molecule has 4 rings (SSSR count). The summed E-state index contributed by atoms with van der Waals surface area (Å²) in [7, 11) is 1.53. The van der Waals surface area contributed by atoms with E-state index in [-0.39, 0.29) is 23.8 Å². The van der Waals surface area contributed by atoms with Gasteiger partial charge >= 0.3 is 5.97 Å². The molecule has 0 atom stereocenters. The normalized spacial score (nSPS) is 14.2. The first-order valence-electron chi connectivity index (χ1n) is 10.7. The van der Waals surface area contributed by atoms with Gasteiger partial charge in [0.05, 0.1) is 18.7 Å². The van der Waals surface area contributed by atoms with Gasteiger partial charge in [0.1, 0.15) is 24.0 Å². The van der Waals surface area contributed by atoms with E-state index in [0.717, 1.165) is 10.5 Å². The lowest BCUT2D eigenvalue weighted by Crippen LogP contribution is -2.36. The summed E-state index contributed by atoms with van der Waals surface area (Å²) < 4.78 is 41.0. The van der Waals surface area contributed by atoms with Gasteiger partial charge in [-0.2, -0.15) is 0 Å². The SMILES string of the molecule is COc1cc(Br)ccc1COc1c(F)cc(F)cc1-c1cccc(N2CCC(C(=O)O)CC2)n1. The largest absolute Gasteiger partial charge is 0.496 e. The third-order valence-corrected chi connectivity index (χ3v) is 6.30. The van der Waals surface area contributed by atoms with Gasteiger partial charge in [0, 0.05) is 34.8 Å². The van der Waals surface area contributed by atoms with E-state index in [1.807, 2.05) is 11.0 Å². The number of methoxy groups -OCH3 is 1. The second-order valence-electron chi connectivity index (χ2n) is 7.99. The minimum absolute atomic E-state index is 0.00833. The van der Waals surface area contributed by atoms with Gasteiger partial charge in [-0.3, -0.25) is 4.79 Å². The average Bonchev–Trinajstić information content (AvgIpc) is 2.83. The fourth-order valence-corrected chi connectivity index (χ4v) is 4.33. The third-order valence-electron chi connectivity index (χ3n) is 5.81. The third kappa shape index (κ3) is 5.30. The minimum Gasteiger partial charge on any atom is -0.496 e. The first-order valence-corrected chi connectivity index (χ1v) is 11.5. The van der Waals surface area contributed by atoms with Crippen LogP contribution in [0.4, 0.5) is 14.6 Å². The molecule has 0 aliphatic carbocycles. The van der Waals surface area contributed by atoms with Crippen LogP contribution in [0.5, 0.6) is 11.5 Å². The Bertz CT molecular complexity index is 1200. The number of halogens is 3. The number of carboxylic acids is 1. The Labute approximate surface area is 204 Å². The zero-order valence-electron chi connectivity index (χ0n) is 18.4. The fourth-order valence-electron chi connectivity index (χ4n) is 3.99. The number of ether oxygens (including phenoxy) is 2. The van der Waals surface area contributed by atoms with E-state index >= 15 is 0 Å². The quantitative estimate of drug-likeness (QED) is 0.422. The molecule has 2 aromatic carbocycles. The van der Waals surface area contributed by atoms with Crippen molar-refractivity contribution in [2.75, 3.05) is 25.1 Å². The van der Waals surface area contributed by atoms with Crippen molar-refractivity contribution in [2.24, 2.45) is 5.92 Å². The van der Waals surface area contributed by atoms with Crippen LogP contribution in [0, 0.1) is 17.6 Å². The maximum absolute atomic E-state index is 14.8. The second-order valence-corrected chi connectivity index (χ2v) is 8.91. The summed E-state index contributed by atoms with van der Waals surface area (Å²) in [5, 5.41) is 9.22. The summed E-state index contributed by atoms with van der Waals surface area (Å²) in [5.41, 5.74) is 1.24. The summed E-state index contributed by atoms with van der Waals surface area (Å²) in [6.07, 6.45) is 1.03. The smallest absolute Gasteiger partial charge is 0.306 e. The highest BCUT2D eigenvalue weighted by atomic mass is 79.9. The van der Waals surface area contributed by atoms with Gasteiger partial charge in [0.15, 0.2) is 11.6 Å². The van der Waals surface area contributed by atoms with Crippen LogP contribution >= 0.6 is 15.9 Å². The van der Waals surface area contributed by atoms with Crippen molar-refractivity contribution in [2.45, 2.75) is 19.4 Å². The topological polar surface area (TPSA) is 71.9 Å².